The molecule has 134 valence electrons. The summed E-state index contributed by atoms with van der Waals surface area (Å²) in [5, 5.41) is 13.5. The van der Waals surface area contributed by atoms with Crippen molar-refractivity contribution >= 4 is 11.7 Å². The highest BCUT2D eigenvalue weighted by Gasteiger charge is 2.36. The second-order valence-electron chi connectivity index (χ2n) is 6.38. The van der Waals surface area contributed by atoms with E-state index in [1.807, 2.05) is 22.6 Å². The third kappa shape index (κ3) is 4.33. The fourth-order valence-electron chi connectivity index (χ4n) is 3.08. The van der Waals surface area contributed by atoms with Gasteiger partial charge in [-0.2, -0.15) is 0 Å². The van der Waals surface area contributed by atoms with Gasteiger partial charge in [-0.25, -0.2) is 9.97 Å². The quantitative estimate of drug-likeness (QED) is 0.754. The van der Waals surface area contributed by atoms with Gasteiger partial charge in [-0.05, 0) is 6.42 Å². The van der Waals surface area contributed by atoms with Crippen molar-refractivity contribution in [3.05, 3.63) is 36.8 Å². The van der Waals surface area contributed by atoms with E-state index in [-0.39, 0.29) is 12.5 Å². The van der Waals surface area contributed by atoms with Gasteiger partial charge in [0.2, 0.25) is 5.91 Å². The third-order valence-corrected chi connectivity index (χ3v) is 4.52. The summed E-state index contributed by atoms with van der Waals surface area (Å²) in [5.41, 5.74) is -0.934. The number of aromatic nitrogens is 4. The van der Waals surface area contributed by atoms with Crippen LogP contribution in [-0.4, -0.2) is 55.8 Å². The number of rotatable bonds is 7. The minimum atomic E-state index is -0.934. The maximum absolute atomic E-state index is 12.1. The molecule has 2 aromatic rings. The maximum Gasteiger partial charge on any atom is 0.221 e. The molecule has 25 heavy (non-hydrogen) atoms. The van der Waals surface area contributed by atoms with E-state index >= 15 is 0 Å². The molecule has 1 aliphatic rings. The number of carbonyl (C=O) groups is 1. The number of hydrogen-bond acceptors (Lipinski definition) is 6. The number of imidazole rings is 1. The highest BCUT2D eigenvalue weighted by atomic mass is 16.3. The van der Waals surface area contributed by atoms with Crippen LogP contribution in [0.3, 0.4) is 0 Å². The summed E-state index contributed by atoms with van der Waals surface area (Å²) in [5.74, 6) is 1.65. The molecule has 0 spiro atoms. The molecule has 1 amide bonds. The molecular formula is C17H24N6O2. The second-order valence-corrected chi connectivity index (χ2v) is 6.38. The van der Waals surface area contributed by atoms with Crippen molar-refractivity contribution < 1.29 is 9.90 Å². The first-order valence-corrected chi connectivity index (χ1v) is 8.60. The van der Waals surface area contributed by atoms with Crippen molar-refractivity contribution in [2.24, 2.45) is 0 Å². The maximum atomic E-state index is 12.1. The zero-order chi connectivity index (χ0) is 17.7. The van der Waals surface area contributed by atoms with Gasteiger partial charge in [-0.3, -0.25) is 9.78 Å². The molecule has 1 aliphatic heterocycles. The van der Waals surface area contributed by atoms with Crippen molar-refractivity contribution in [2.75, 3.05) is 24.5 Å². The van der Waals surface area contributed by atoms with Gasteiger partial charge in [0.15, 0.2) is 0 Å². The first-order chi connectivity index (χ1) is 12.1. The Morgan fingerprint density at radius 2 is 2.24 bits per heavy atom. The van der Waals surface area contributed by atoms with Gasteiger partial charge in [-0.15, -0.1) is 0 Å². The molecule has 1 atom stereocenters. The molecule has 8 heteroatoms. The predicted octanol–water partition coefficient (Wildman–Crippen LogP) is 0.383. The molecule has 1 fully saturated rings. The molecule has 0 bridgehead atoms. The molecule has 0 radical (unpaired) electrons. The lowest BCUT2D eigenvalue weighted by molar-refractivity contribution is -0.122. The van der Waals surface area contributed by atoms with Gasteiger partial charge < -0.3 is 19.9 Å². The van der Waals surface area contributed by atoms with Crippen molar-refractivity contribution in [1.29, 1.82) is 0 Å². The van der Waals surface area contributed by atoms with E-state index in [9.17, 15) is 9.90 Å². The van der Waals surface area contributed by atoms with E-state index in [1.165, 1.54) is 0 Å². The van der Waals surface area contributed by atoms with Crippen molar-refractivity contribution in [1.82, 2.24) is 24.8 Å². The highest BCUT2D eigenvalue weighted by molar-refractivity contribution is 5.75. The van der Waals surface area contributed by atoms with Crippen LogP contribution in [0, 0.1) is 0 Å². The molecule has 0 aromatic carbocycles. The Labute approximate surface area is 146 Å². The predicted molar refractivity (Wildman–Crippen MR) is 93.0 cm³/mol. The first kappa shape index (κ1) is 17.3. The summed E-state index contributed by atoms with van der Waals surface area (Å²) in [4.78, 5) is 26.6. The normalized spacial score (nSPS) is 20.0. The summed E-state index contributed by atoms with van der Waals surface area (Å²) < 4.78 is 1.99. The van der Waals surface area contributed by atoms with Crippen LogP contribution in [0.25, 0.3) is 0 Å². The van der Waals surface area contributed by atoms with Gasteiger partial charge in [-0.1, -0.05) is 6.92 Å². The lowest BCUT2D eigenvalue weighted by Crippen LogP contribution is -2.45. The lowest BCUT2D eigenvalue weighted by atomic mass is 10.0. The smallest absolute Gasteiger partial charge is 0.221 e. The highest BCUT2D eigenvalue weighted by Crippen LogP contribution is 2.24. The lowest BCUT2D eigenvalue weighted by Gasteiger charge is -2.24. The topological polar surface area (TPSA) is 96.2 Å². The summed E-state index contributed by atoms with van der Waals surface area (Å²) in [7, 11) is 0. The fraction of sp³-hybridized carbons (Fsp3) is 0.529. The third-order valence-electron chi connectivity index (χ3n) is 4.52. The van der Waals surface area contributed by atoms with E-state index in [2.05, 4.69) is 20.3 Å². The molecule has 3 heterocycles. The number of nitrogens with zero attached hydrogens (tertiary/aromatic N) is 5. The van der Waals surface area contributed by atoms with Gasteiger partial charge >= 0.3 is 0 Å². The molecular weight excluding hydrogens is 320 g/mol. The van der Waals surface area contributed by atoms with Gasteiger partial charge in [0, 0.05) is 63.8 Å². The minimum Gasteiger partial charge on any atom is -0.386 e. The average molecular weight is 344 g/mol. The van der Waals surface area contributed by atoms with Gasteiger partial charge in [0.05, 0.1) is 6.20 Å². The minimum absolute atomic E-state index is 0.0675. The largest absolute Gasteiger partial charge is 0.386 e. The summed E-state index contributed by atoms with van der Waals surface area (Å²) in [6.45, 7) is 4.01. The first-order valence-electron chi connectivity index (χ1n) is 8.60. The second kappa shape index (κ2) is 7.60. The van der Waals surface area contributed by atoms with E-state index in [0.717, 1.165) is 18.1 Å². The number of aliphatic hydroxyl groups is 1. The van der Waals surface area contributed by atoms with Crippen molar-refractivity contribution in [3.63, 3.8) is 0 Å². The Morgan fingerprint density at radius 1 is 1.36 bits per heavy atom. The van der Waals surface area contributed by atoms with Crippen LogP contribution in [-0.2, 0) is 17.8 Å². The summed E-state index contributed by atoms with van der Waals surface area (Å²) >= 11 is 0. The molecule has 2 aromatic heterocycles. The van der Waals surface area contributed by atoms with E-state index in [0.29, 0.717) is 32.5 Å². The number of carbonyl (C=O) groups excluding carboxylic acids is 1. The molecule has 0 aliphatic carbocycles. The number of nitrogens with one attached hydrogen (secondary N) is 1. The Hall–Kier alpha value is -2.48. The molecule has 8 nitrogen and oxygen atoms in total. The number of β-amino-alcohol motifs (C(OH)–C–C–N with tert-alkyl or cyclic N) is 1. The van der Waals surface area contributed by atoms with E-state index in [1.54, 1.807) is 24.8 Å². The Balaban J connectivity index is 1.45. The Morgan fingerprint density at radius 3 is 3.00 bits per heavy atom. The van der Waals surface area contributed by atoms with Crippen LogP contribution >= 0.6 is 0 Å². The van der Waals surface area contributed by atoms with Crippen LogP contribution in [0.4, 0.5) is 5.82 Å². The van der Waals surface area contributed by atoms with Crippen molar-refractivity contribution in [3.8, 4) is 0 Å². The van der Waals surface area contributed by atoms with Crippen LogP contribution in [0.15, 0.2) is 31.0 Å². The SMILES string of the molecule is CCc1nccn1CCC(=O)NC[C@]1(O)CCN(c2cnccn2)C1. The van der Waals surface area contributed by atoms with Gasteiger partial charge in [0.25, 0.3) is 0 Å². The fourth-order valence-corrected chi connectivity index (χ4v) is 3.08. The molecule has 0 unspecified atom stereocenters. The van der Waals surface area contributed by atoms with Crippen LogP contribution in [0.2, 0.25) is 0 Å². The van der Waals surface area contributed by atoms with Crippen LogP contribution < -0.4 is 10.2 Å². The van der Waals surface area contributed by atoms with Crippen LogP contribution in [0.1, 0.15) is 25.6 Å². The Kier molecular flexibility index (Phi) is 5.28. The molecule has 2 N–H and O–H groups in total. The zero-order valence-corrected chi connectivity index (χ0v) is 14.4. The molecule has 0 saturated carbocycles. The summed E-state index contributed by atoms with van der Waals surface area (Å²) in [6.07, 6.45) is 10.4. The molecule has 1 saturated heterocycles. The Bertz CT molecular complexity index is 704. The van der Waals surface area contributed by atoms with Crippen LogP contribution in [0.5, 0.6) is 0 Å². The molecule has 3 rings (SSSR count). The average Bonchev–Trinajstić information content (AvgIpc) is 3.26. The zero-order valence-electron chi connectivity index (χ0n) is 14.4. The van der Waals surface area contributed by atoms with E-state index in [4.69, 9.17) is 0 Å². The number of hydrogen-bond donors (Lipinski definition) is 2. The van der Waals surface area contributed by atoms with Gasteiger partial charge in [0.1, 0.15) is 17.2 Å². The van der Waals surface area contributed by atoms with E-state index < -0.39 is 5.60 Å². The standard InChI is InChI=1S/C17H24N6O2/c1-2-14-20-7-10-22(14)8-3-16(24)21-12-17(25)4-9-23(13-17)15-11-18-5-6-19-15/h5-7,10-11,25H,2-4,8-9,12-13H2,1H3,(H,21,24)/t17-/m1/s1. The number of amides is 1. The number of aryl methyl sites for hydroxylation is 2. The van der Waals surface area contributed by atoms with Crippen molar-refractivity contribution in [2.45, 2.75) is 38.3 Å². The number of anilines is 1. The summed E-state index contributed by atoms with van der Waals surface area (Å²) in [6, 6.07) is 0. The monoisotopic (exact) mass is 344 g/mol.